The molecule has 19 heavy (non-hydrogen) atoms. The summed E-state index contributed by atoms with van der Waals surface area (Å²) in [4.78, 5) is 0. The summed E-state index contributed by atoms with van der Waals surface area (Å²) < 4.78 is 24.2. The van der Waals surface area contributed by atoms with Crippen molar-refractivity contribution in [1.82, 2.24) is 5.32 Å². The summed E-state index contributed by atoms with van der Waals surface area (Å²) in [6.45, 7) is 1.90. The van der Waals surface area contributed by atoms with E-state index in [2.05, 4.69) is 15.4 Å². The molecule has 1 aromatic rings. The summed E-state index contributed by atoms with van der Waals surface area (Å²) in [5.41, 5.74) is 1.34. The average Bonchev–Trinajstić information content (AvgIpc) is 2.36. The first kappa shape index (κ1) is 14.1. The summed E-state index contributed by atoms with van der Waals surface area (Å²) >= 11 is 0. The molecule has 0 aromatic heterocycles. The van der Waals surface area contributed by atoms with Crippen molar-refractivity contribution in [2.75, 3.05) is 23.1 Å². The van der Waals surface area contributed by atoms with Gasteiger partial charge in [0, 0.05) is 18.3 Å². The van der Waals surface area contributed by atoms with Crippen LogP contribution in [0.5, 0.6) is 0 Å². The Morgan fingerprint density at radius 2 is 2.11 bits per heavy atom. The van der Waals surface area contributed by atoms with E-state index in [0.717, 1.165) is 18.8 Å². The smallest absolute Gasteiger partial charge is 0.296 e. The maximum Gasteiger partial charge on any atom is 0.296 e. The normalized spacial score (nSPS) is 19.9. The number of nitrogens with one attached hydrogen (secondary N) is 3. The molecule has 0 bridgehead atoms. The van der Waals surface area contributed by atoms with Crippen LogP contribution >= 0.6 is 0 Å². The second kappa shape index (κ2) is 6.23. The standard InChI is InChI=1S/C12H20N4O2S/c13-19(17,18)16-11-6-3-5-10(8-11)15-9-12-4-1-2-7-14-12/h3,5-6,8,12,14-16H,1-2,4,7,9H2,(H2,13,17,18). The lowest BCUT2D eigenvalue weighted by molar-refractivity contribution is 0.414. The van der Waals surface area contributed by atoms with Crippen molar-refractivity contribution in [3.63, 3.8) is 0 Å². The van der Waals surface area contributed by atoms with E-state index in [-0.39, 0.29) is 0 Å². The lowest BCUT2D eigenvalue weighted by Crippen LogP contribution is -2.39. The van der Waals surface area contributed by atoms with Crippen LogP contribution in [-0.2, 0) is 10.2 Å². The molecule has 5 N–H and O–H groups in total. The molecule has 0 radical (unpaired) electrons. The molecule has 0 saturated carbocycles. The Morgan fingerprint density at radius 1 is 1.32 bits per heavy atom. The number of rotatable bonds is 5. The second-order valence-electron chi connectivity index (χ2n) is 4.76. The first-order valence-electron chi connectivity index (χ1n) is 6.41. The van der Waals surface area contributed by atoms with Gasteiger partial charge in [-0.05, 0) is 37.6 Å². The maximum absolute atomic E-state index is 11.0. The predicted octanol–water partition coefficient (Wildman–Crippen LogP) is 0.856. The molecule has 2 rings (SSSR count). The molecule has 1 atom stereocenters. The third-order valence-corrected chi connectivity index (χ3v) is 3.61. The average molecular weight is 284 g/mol. The van der Waals surface area contributed by atoms with Gasteiger partial charge in [-0.3, -0.25) is 4.72 Å². The van der Waals surface area contributed by atoms with Crippen LogP contribution in [0.15, 0.2) is 24.3 Å². The zero-order chi connectivity index (χ0) is 13.7. The van der Waals surface area contributed by atoms with E-state index in [9.17, 15) is 8.42 Å². The van der Waals surface area contributed by atoms with Gasteiger partial charge < -0.3 is 10.6 Å². The molecule has 1 heterocycles. The molecule has 6 nitrogen and oxygen atoms in total. The third-order valence-electron chi connectivity index (χ3n) is 3.09. The predicted molar refractivity (Wildman–Crippen MR) is 77.3 cm³/mol. The SMILES string of the molecule is NS(=O)(=O)Nc1cccc(NCC2CCCCN2)c1. The molecular weight excluding hydrogens is 264 g/mol. The highest BCUT2D eigenvalue weighted by atomic mass is 32.2. The second-order valence-corrected chi connectivity index (χ2v) is 6.05. The van der Waals surface area contributed by atoms with Crippen LogP contribution in [0.2, 0.25) is 0 Å². The molecular formula is C12H20N4O2S. The van der Waals surface area contributed by atoms with Gasteiger partial charge in [-0.2, -0.15) is 8.42 Å². The summed E-state index contributed by atoms with van der Waals surface area (Å²) in [6, 6.07) is 7.55. The minimum atomic E-state index is -3.72. The van der Waals surface area contributed by atoms with Crippen molar-refractivity contribution >= 4 is 21.6 Å². The molecule has 1 aromatic carbocycles. The molecule has 0 amide bonds. The van der Waals surface area contributed by atoms with Crippen LogP contribution < -0.4 is 20.5 Å². The van der Waals surface area contributed by atoms with E-state index >= 15 is 0 Å². The zero-order valence-corrected chi connectivity index (χ0v) is 11.5. The topological polar surface area (TPSA) is 96.2 Å². The van der Waals surface area contributed by atoms with Gasteiger partial charge in [0.2, 0.25) is 0 Å². The van der Waals surface area contributed by atoms with Crippen molar-refractivity contribution in [3.05, 3.63) is 24.3 Å². The number of hydrogen-bond acceptors (Lipinski definition) is 4. The maximum atomic E-state index is 11.0. The summed E-state index contributed by atoms with van der Waals surface area (Å²) in [7, 11) is -3.72. The highest BCUT2D eigenvalue weighted by Gasteiger charge is 2.11. The molecule has 1 aliphatic heterocycles. The minimum absolute atomic E-state index is 0.462. The van der Waals surface area contributed by atoms with Gasteiger partial charge in [0.1, 0.15) is 0 Å². The molecule has 1 aliphatic rings. The first-order chi connectivity index (χ1) is 9.03. The number of nitrogens with two attached hydrogens (primary N) is 1. The van der Waals surface area contributed by atoms with Crippen molar-refractivity contribution < 1.29 is 8.42 Å². The number of anilines is 2. The Hall–Kier alpha value is -1.31. The number of piperidine rings is 1. The first-order valence-corrected chi connectivity index (χ1v) is 7.95. The lowest BCUT2D eigenvalue weighted by atomic mass is 10.1. The largest absolute Gasteiger partial charge is 0.383 e. The van der Waals surface area contributed by atoms with Crippen LogP contribution in [0.1, 0.15) is 19.3 Å². The van der Waals surface area contributed by atoms with E-state index in [1.165, 1.54) is 19.3 Å². The highest BCUT2D eigenvalue weighted by molar-refractivity contribution is 7.90. The van der Waals surface area contributed by atoms with Crippen LogP contribution in [0, 0.1) is 0 Å². The Balaban J connectivity index is 1.91. The van der Waals surface area contributed by atoms with Crippen LogP contribution in [0.25, 0.3) is 0 Å². The molecule has 1 unspecified atom stereocenters. The van der Waals surface area contributed by atoms with Gasteiger partial charge in [0.25, 0.3) is 10.2 Å². The Kier molecular flexibility index (Phi) is 4.62. The van der Waals surface area contributed by atoms with E-state index in [1.807, 2.05) is 6.07 Å². The van der Waals surface area contributed by atoms with E-state index < -0.39 is 10.2 Å². The van der Waals surface area contributed by atoms with Crippen molar-refractivity contribution in [2.24, 2.45) is 5.14 Å². The summed E-state index contributed by atoms with van der Waals surface area (Å²) in [5.74, 6) is 0. The van der Waals surface area contributed by atoms with E-state index in [1.54, 1.807) is 18.2 Å². The van der Waals surface area contributed by atoms with Gasteiger partial charge in [-0.15, -0.1) is 0 Å². The lowest BCUT2D eigenvalue weighted by Gasteiger charge is -2.24. The van der Waals surface area contributed by atoms with E-state index in [4.69, 9.17) is 5.14 Å². The van der Waals surface area contributed by atoms with Gasteiger partial charge in [-0.1, -0.05) is 12.5 Å². The van der Waals surface area contributed by atoms with Crippen LogP contribution in [0.4, 0.5) is 11.4 Å². The van der Waals surface area contributed by atoms with Crippen molar-refractivity contribution in [2.45, 2.75) is 25.3 Å². The molecule has 7 heteroatoms. The molecule has 106 valence electrons. The fourth-order valence-electron chi connectivity index (χ4n) is 2.20. The van der Waals surface area contributed by atoms with Gasteiger partial charge in [0.15, 0.2) is 0 Å². The van der Waals surface area contributed by atoms with E-state index in [0.29, 0.717) is 11.7 Å². The molecule has 0 spiro atoms. The Morgan fingerprint density at radius 3 is 2.79 bits per heavy atom. The monoisotopic (exact) mass is 284 g/mol. The summed E-state index contributed by atoms with van der Waals surface area (Å²) in [5, 5.41) is 11.7. The van der Waals surface area contributed by atoms with Crippen LogP contribution in [0.3, 0.4) is 0 Å². The minimum Gasteiger partial charge on any atom is -0.383 e. The van der Waals surface area contributed by atoms with Gasteiger partial charge >= 0.3 is 0 Å². The zero-order valence-electron chi connectivity index (χ0n) is 10.7. The Bertz CT molecular complexity index is 512. The van der Waals surface area contributed by atoms with Crippen molar-refractivity contribution in [1.29, 1.82) is 0 Å². The molecule has 1 saturated heterocycles. The molecule has 0 aliphatic carbocycles. The van der Waals surface area contributed by atoms with Gasteiger partial charge in [0.05, 0.1) is 5.69 Å². The van der Waals surface area contributed by atoms with Gasteiger partial charge in [-0.25, -0.2) is 5.14 Å². The third kappa shape index (κ3) is 5.06. The summed E-state index contributed by atoms with van der Waals surface area (Å²) in [6.07, 6.45) is 3.67. The quantitative estimate of drug-likeness (QED) is 0.644. The van der Waals surface area contributed by atoms with Crippen molar-refractivity contribution in [3.8, 4) is 0 Å². The molecule has 1 fully saturated rings. The Labute approximate surface area is 114 Å². The van der Waals surface area contributed by atoms with Crippen LogP contribution in [-0.4, -0.2) is 27.5 Å². The number of benzene rings is 1. The fourth-order valence-corrected chi connectivity index (χ4v) is 2.65. The highest BCUT2D eigenvalue weighted by Crippen LogP contribution is 2.16. The fraction of sp³-hybridized carbons (Fsp3) is 0.500. The number of hydrogen-bond donors (Lipinski definition) is 4.